The van der Waals surface area contributed by atoms with Gasteiger partial charge in [-0.05, 0) is 48.1 Å². The third-order valence-corrected chi connectivity index (χ3v) is 6.13. The first-order valence-corrected chi connectivity index (χ1v) is 11.2. The van der Waals surface area contributed by atoms with Crippen molar-refractivity contribution < 1.29 is 14.3 Å². The molecule has 0 N–H and O–H groups in total. The maximum absolute atomic E-state index is 12.6. The molecule has 0 atom stereocenters. The lowest BCUT2D eigenvalue weighted by Gasteiger charge is -2.05. The molecule has 0 saturated heterocycles. The van der Waals surface area contributed by atoms with Crippen LogP contribution < -0.4 is 4.80 Å². The summed E-state index contributed by atoms with van der Waals surface area (Å²) in [4.78, 5) is 29.5. The number of hydrogen-bond donors (Lipinski definition) is 0. The average molecular weight is 425 g/mol. The second kappa shape index (κ2) is 10.3. The highest BCUT2D eigenvalue weighted by molar-refractivity contribution is 7.16. The van der Waals surface area contributed by atoms with Crippen LogP contribution in [0.3, 0.4) is 0 Å². The van der Waals surface area contributed by atoms with Gasteiger partial charge >= 0.3 is 5.97 Å². The van der Waals surface area contributed by atoms with E-state index in [1.807, 2.05) is 30.3 Å². The Hall–Kier alpha value is -2.73. The first kappa shape index (κ1) is 22.0. The van der Waals surface area contributed by atoms with Gasteiger partial charge in [0, 0.05) is 0 Å². The fourth-order valence-corrected chi connectivity index (χ4v) is 4.41. The molecule has 158 valence electrons. The van der Waals surface area contributed by atoms with E-state index in [1.54, 1.807) is 4.57 Å². The van der Waals surface area contributed by atoms with E-state index in [0.29, 0.717) is 4.80 Å². The second-order valence-corrected chi connectivity index (χ2v) is 8.31. The number of fused-ring (bicyclic) bond motifs is 1. The van der Waals surface area contributed by atoms with Crippen molar-refractivity contribution in [1.82, 2.24) is 4.57 Å². The normalized spacial score (nSPS) is 11.8. The molecule has 0 aliphatic rings. The van der Waals surface area contributed by atoms with E-state index in [1.165, 1.54) is 29.6 Å². The highest BCUT2D eigenvalue weighted by Crippen LogP contribution is 2.21. The van der Waals surface area contributed by atoms with Gasteiger partial charge in [0.05, 0.1) is 23.7 Å². The molecule has 0 aliphatic carbocycles. The summed E-state index contributed by atoms with van der Waals surface area (Å²) in [6.45, 7) is 4.30. The molecule has 3 rings (SSSR count). The number of esters is 1. The van der Waals surface area contributed by atoms with Gasteiger partial charge in [-0.2, -0.15) is 4.99 Å². The zero-order valence-electron chi connectivity index (χ0n) is 17.8. The fraction of sp³-hybridized carbons (Fsp3) is 0.375. The van der Waals surface area contributed by atoms with Gasteiger partial charge in [0.15, 0.2) is 4.80 Å². The number of nitrogens with zero attached hydrogens (tertiary/aromatic N) is 2. The molecule has 3 aromatic rings. The summed E-state index contributed by atoms with van der Waals surface area (Å²) >= 11 is 1.44. The Bertz CT molecular complexity index is 1090. The van der Waals surface area contributed by atoms with Crippen molar-refractivity contribution in [1.29, 1.82) is 0 Å². The van der Waals surface area contributed by atoms with Crippen LogP contribution in [0.15, 0.2) is 47.5 Å². The van der Waals surface area contributed by atoms with Gasteiger partial charge in [-0.15, -0.1) is 0 Å². The van der Waals surface area contributed by atoms with Crippen LogP contribution in [0.1, 0.15) is 43.4 Å². The number of rotatable bonds is 8. The van der Waals surface area contributed by atoms with E-state index in [0.717, 1.165) is 41.5 Å². The predicted molar refractivity (Wildman–Crippen MR) is 121 cm³/mol. The number of aromatic nitrogens is 1. The third-order valence-electron chi connectivity index (χ3n) is 5.09. The largest absolute Gasteiger partial charge is 0.468 e. The molecule has 0 aliphatic heterocycles. The maximum Gasteiger partial charge on any atom is 0.325 e. The monoisotopic (exact) mass is 424 g/mol. The number of ether oxygens (including phenoxy) is 1. The Labute approximate surface area is 181 Å². The number of aryl methyl sites for hydroxylation is 2. The van der Waals surface area contributed by atoms with Gasteiger partial charge in [-0.3, -0.25) is 9.59 Å². The van der Waals surface area contributed by atoms with Crippen LogP contribution in [0.25, 0.3) is 10.2 Å². The van der Waals surface area contributed by atoms with Crippen LogP contribution in [0, 0.1) is 0 Å². The predicted octanol–water partition coefficient (Wildman–Crippen LogP) is 4.45. The third kappa shape index (κ3) is 5.45. The molecular formula is C24H28N2O3S. The van der Waals surface area contributed by atoms with Gasteiger partial charge < -0.3 is 9.30 Å². The summed E-state index contributed by atoms with van der Waals surface area (Å²) in [7, 11) is 1.36. The van der Waals surface area contributed by atoms with Gasteiger partial charge in [0.25, 0.3) is 5.91 Å². The average Bonchev–Trinajstić information content (AvgIpc) is 3.08. The summed E-state index contributed by atoms with van der Waals surface area (Å²) in [6, 6.07) is 14.2. The number of carbonyl (C=O) groups is 2. The molecule has 0 radical (unpaired) electrons. The minimum absolute atomic E-state index is 0.0299. The Morgan fingerprint density at radius 3 is 2.40 bits per heavy atom. The quantitative estimate of drug-likeness (QED) is 0.502. The maximum atomic E-state index is 12.6. The topological polar surface area (TPSA) is 60.7 Å². The van der Waals surface area contributed by atoms with Gasteiger partial charge in [-0.25, -0.2) is 0 Å². The van der Waals surface area contributed by atoms with E-state index >= 15 is 0 Å². The molecule has 6 heteroatoms. The lowest BCUT2D eigenvalue weighted by atomic mass is 10.1. The Kier molecular flexibility index (Phi) is 7.57. The summed E-state index contributed by atoms with van der Waals surface area (Å²) in [5.74, 6) is -0.593. The smallest absolute Gasteiger partial charge is 0.325 e. The van der Waals surface area contributed by atoms with Gasteiger partial charge in [-0.1, -0.05) is 61.9 Å². The van der Waals surface area contributed by atoms with E-state index < -0.39 is 0 Å². The Morgan fingerprint density at radius 1 is 1.03 bits per heavy atom. The molecule has 1 aromatic heterocycles. The van der Waals surface area contributed by atoms with Crippen molar-refractivity contribution in [3.8, 4) is 0 Å². The summed E-state index contributed by atoms with van der Waals surface area (Å²) < 4.78 is 7.64. The zero-order valence-corrected chi connectivity index (χ0v) is 18.6. The van der Waals surface area contributed by atoms with E-state index in [-0.39, 0.29) is 24.8 Å². The van der Waals surface area contributed by atoms with Crippen molar-refractivity contribution in [2.45, 2.75) is 52.5 Å². The first-order valence-electron chi connectivity index (χ1n) is 10.4. The molecule has 0 saturated carbocycles. The molecule has 1 amide bonds. The molecule has 2 aromatic carbocycles. The lowest BCUT2D eigenvalue weighted by molar-refractivity contribution is -0.141. The molecular weight excluding hydrogens is 396 g/mol. The van der Waals surface area contributed by atoms with Crippen LogP contribution >= 0.6 is 11.3 Å². The van der Waals surface area contributed by atoms with Crippen molar-refractivity contribution in [3.05, 3.63) is 64.0 Å². The van der Waals surface area contributed by atoms with Crippen LogP contribution in [-0.4, -0.2) is 23.6 Å². The number of carbonyl (C=O) groups excluding carboxylic acids is 2. The van der Waals surface area contributed by atoms with Crippen LogP contribution in [0.4, 0.5) is 0 Å². The van der Waals surface area contributed by atoms with Crippen molar-refractivity contribution in [2.75, 3.05) is 7.11 Å². The van der Waals surface area contributed by atoms with Gasteiger partial charge in [0.2, 0.25) is 0 Å². The molecule has 5 nitrogen and oxygen atoms in total. The first-order chi connectivity index (χ1) is 14.5. The van der Waals surface area contributed by atoms with Crippen LogP contribution in [-0.2, 0) is 40.1 Å². The summed E-state index contributed by atoms with van der Waals surface area (Å²) in [5.41, 5.74) is 4.32. The number of hydrogen-bond acceptors (Lipinski definition) is 4. The molecule has 0 fully saturated rings. The molecule has 0 spiro atoms. The zero-order chi connectivity index (χ0) is 21.5. The second-order valence-electron chi connectivity index (χ2n) is 7.30. The lowest BCUT2D eigenvalue weighted by Crippen LogP contribution is -2.22. The van der Waals surface area contributed by atoms with Crippen molar-refractivity contribution in [3.63, 3.8) is 0 Å². The standard InChI is InChI=1S/C24H28N2O3S/c1-4-6-7-18-12-13-20-21(14-18)30-24(26(20)16-23(28)29-3)25-22(27)15-19-10-8-17(5-2)9-11-19/h8-14H,4-7,15-16H2,1-3H3. The number of benzene rings is 2. The SMILES string of the molecule is CCCCc1ccc2c(c1)sc(=NC(=O)Cc1ccc(CC)cc1)n2CC(=O)OC. The Morgan fingerprint density at radius 2 is 1.73 bits per heavy atom. The molecule has 0 unspecified atom stereocenters. The van der Waals surface area contributed by atoms with Crippen molar-refractivity contribution >= 4 is 33.4 Å². The number of thiazole rings is 1. The highest BCUT2D eigenvalue weighted by Gasteiger charge is 2.13. The highest BCUT2D eigenvalue weighted by atomic mass is 32.1. The number of methoxy groups -OCH3 is 1. The number of unbranched alkanes of at least 4 members (excludes halogenated alkanes) is 1. The fourth-order valence-electron chi connectivity index (χ4n) is 3.30. The van der Waals surface area contributed by atoms with Crippen molar-refractivity contribution in [2.24, 2.45) is 4.99 Å². The van der Waals surface area contributed by atoms with E-state index in [9.17, 15) is 9.59 Å². The van der Waals surface area contributed by atoms with Crippen LogP contribution in [0.5, 0.6) is 0 Å². The van der Waals surface area contributed by atoms with Gasteiger partial charge in [0.1, 0.15) is 6.54 Å². The molecule has 30 heavy (non-hydrogen) atoms. The molecule has 1 heterocycles. The van der Waals surface area contributed by atoms with Crippen LogP contribution in [0.2, 0.25) is 0 Å². The minimum atomic E-state index is -0.367. The van der Waals surface area contributed by atoms with E-state index in [2.05, 4.69) is 31.0 Å². The Balaban J connectivity index is 1.95. The number of amides is 1. The summed E-state index contributed by atoms with van der Waals surface area (Å²) in [5, 5.41) is 0. The minimum Gasteiger partial charge on any atom is -0.468 e. The summed E-state index contributed by atoms with van der Waals surface area (Å²) in [6.07, 6.45) is 4.48. The van der Waals surface area contributed by atoms with E-state index in [4.69, 9.17) is 4.74 Å². The molecule has 0 bridgehead atoms.